The summed E-state index contributed by atoms with van der Waals surface area (Å²) in [7, 11) is 0. The van der Waals surface area contributed by atoms with E-state index in [4.69, 9.17) is 4.74 Å². The first-order chi connectivity index (χ1) is 20.3. The number of Topliss-reactive ketones (excluding diaryl/α,β-unsaturated/α-hetero) is 1. The number of esters is 1. The fraction of sp³-hybridized carbons (Fsp3) is 0.744. The highest BCUT2D eigenvalue weighted by Gasteiger charge is 2.27. The van der Waals surface area contributed by atoms with Gasteiger partial charge in [0.05, 0.1) is 6.61 Å². The predicted molar refractivity (Wildman–Crippen MR) is 184 cm³/mol. The summed E-state index contributed by atoms with van der Waals surface area (Å²) in [6, 6.07) is 3.79. The van der Waals surface area contributed by atoms with Crippen molar-refractivity contribution in [1.29, 1.82) is 0 Å². The van der Waals surface area contributed by atoms with Crippen LogP contribution < -0.4 is 0 Å². The zero-order valence-electron chi connectivity index (χ0n) is 29.3. The van der Waals surface area contributed by atoms with Crippen molar-refractivity contribution in [2.75, 3.05) is 6.61 Å². The Morgan fingerprint density at radius 3 is 1.37 bits per heavy atom. The topological polar surface area (TPSA) is 63.6 Å². The molecule has 1 aromatic rings. The molecular weight excluding hydrogens is 532 g/mol. The number of rotatable bonds is 22. The largest absolute Gasteiger partial charge is 0.507 e. The van der Waals surface area contributed by atoms with Gasteiger partial charge in [0.2, 0.25) is 0 Å². The number of aromatic hydroxyl groups is 1. The normalized spacial score (nSPS) is 12.5. The van der Waals surface area contributed by atoms with Crippen molar-refractivity contribution in [1.82, 2.24) is 0 Å². The van der Waals surface area contributed by atoms with Gasteiger partial charge in [-0.1, -0.05) is 151 Å². The van der Waals surface area contributed by atoms with E-state index in [-0.39, 0.29) is 34.5 Å². The van der Waals surface area contributed by atoms with E-state index >= 15 is 0 Å². The maximum Gasteiger partial charge on any atom is 0.341 e. The summed E-state index contributed by atoms with van der Waals surface area (Å²) < 4.78 is 5.28. The van der Waals surface area contributed by atoms with Crippen molar-refractivity contribution in [2.45, 2.75) is 182 Å². The van der Waals surface area contributed by atoms with Crippen LogP contribution in [-0.2, 0) is 25.2 Å². The molecule has 4 heteroatoms. The second-order valence-corrected chi connectivity index (χ2v) is 14.6. The van der Waals surface area contributed by atoms with Gasteiger partial charge in [0.1, 0.15) is 11.3 Å². The van der Waals surface area contributed by atoms with E-state index in [0.717, 1.165) is 36.0 Å². The summed E-state index contributed by atoms with van der Waals surface area (Å²) in [6.07, 6.45) is 24.0. The minimum absolute atomic E-state index is 0.101. The number of hydrogen-bond acceptors (Lipinski definition) is 4. The van der Waals surface area contributed by atoms with E-state index in [0.29, 0.717) is 6.42 Å². The van der Waals surface area contributed by atoms with Gasteiger partial charge in [-0.05, 0) is 47.9 Å². The number of benzene rings is 1. The summed E-state index contributed by atoms with van der Waals surface area (Å²) in [5.41, 5.74) is 1.85. The molecule has 246 valence electrons. The molecule has 0 aliphatic rings. The standard InChI is InChI=1S/C39H66O4/c1-9-11-12-13-14-15-16-17-18-19-20-21-22-23-24-25-26-27-35(40)32(37(42)43-10-2)28-31-29-33(38(3,4)5)36(41)34(30-31)39(6,7)8/h28-30,41H,9-27H2,1-8H3. The molecule has 0 aliphatic carbocycles. The molecule has 0 aromatic heterocycles. The summed E-state index contributed by atoms with van der Waals surface area (Å²) in [5, 5.41) is 11.1. The molecule has 1 rings (SSSR count). The summed E-state index contributed by atoms with van der Waals surface area (Å²) in [6.45, 7) is 16.6. The number of ketones is 1. The van der Waals surface area contributed by atoms with E-state index in [1.165, 1.54) is 89.9 Å². The Morgan fingerprint density at radius 2 is 1.02 bits per heavy atom. The van der Waals surface area contributed by atoms with E-state index in [2.05, 4.69) is 48.5 Å². The second kappa shape index (κ2) is 20.8. The van der Waals surface area contributed by atoms with Crippen molar-refractivity contribution >= 4 is 17.8 Å². The Kier molecular flexibility index (Phi) is 18.8. The van der Waals surface area contributed by atoms with Crippen LogP contribution in [0.5, 0.6) is 5.75 Å². The van der Waals surface area contributed by atoms with Gasteiger partial charge < -0.3 is 9.84 Å². The molecule has 0 aliphatic heterocycles. The van der Waals surface area contributed by atoms with Crippen molar-refractivity contribution < 1.29 is 19.4 Å². The first-order valence-corrected chi connectivity index (χ1v) is 17.6. The van der Waals surface area contributed by atoms with Crippen molar-refractivity contribution in [3.05, 3.63) is 34.4 Å². The van der Waals surface area contributed by atoms with Gasteiger partial charge in [0.25, 0.3) is 0 Å². The summed E-state index contributed by atoms with van der Waals surface area (Å²) in [4.78, 5) is 26.1. The van der Waals surface area contributed by atoms with Crippen LogP contribution >= 0.6 is 0 Å². The molecule has 4 nitrogen and oxygen atoms in total. The number of phenols is 1. The van der Waals surface area contributed by atoms with E-state index < -0.39 is 5.97 Å². The zero-order valence-corrected chi connectivity index (χ0v) is 29.3. The first kappa shape index (κ1) is 38.9. The van der Waals surface area contributed by atoms with Gasteiger partial charge in [-0.25, -0.2) is 4.79 Å². The maximum absolute atomic E-state index is 13.2. The summed E-state index contributed by atoms with van der Waals surface area (Å²) >= 11 is 0. The van der Waals surface area contributed by atoms with Gasteiger partial charge in [0.15, 0.2) is 5.78 Å². The molecule has 0 heterocycles. The van der Waals surface area contributed by atoms with E-state index in [1.807, 2.05) is 12.1 Å². The van der Waals surface area contributed by atoms with Crippen molar-refractivity contribution in [3.63, 3.8) is 0 Å². The monoisotopic (exact) mass is 598 g/mol. The number of hydrogen-bond donors (Lipinski definition) is 1. The minimum atomic E-state index is -0.567. The molecule has 0 saturated carbocycles. The number of unbranched alkanes of at least 4 members (excludes halogenated alkanes) is 16. The smallest absolute Gasteiger partial charge is 0.341 e. The molecule has 43 heavy (non-hydrogen) atoms. The van der Waals surface area contributed by atoms with Crippen LogP contribution in [0.3, 0.4) is 0 Å². The molecule has 0 atom stereocenters. The van der Waals surface area contributed by atoms with Crippen molar-refractivity contribution in [2.24, 2.45) is 0 Å². The lowest BCUT2D eigenvalue weighted by Crippen LogP contribution is -2.18. The number of phenolic OH excluding ortho intramolecular Hbond substituents is 1. The highest BCUT2D eigenvalue weighted by atomic mass is 16.5. The van der Waals surface area contributed by atoms with Crippen LogP contribution in [0.4, 0.5) is 0 Å². The average Bonchev–Trinajstić information content (AvgIpc) is 2.92. The van der Waals surface area contributed by atoms with Gasteiger partial charge >= 0.3 is 5.97 Å². The Balaban J connectivity index is 2.55. The highest BCUT2D eigenvalue weighted by Crippen LogP contribution is 2.40. The van der Waals surface area contributed by atoms with Crippen LogP contribution in [0.1, 0.15) is 188 Å². The zero-order chi connectivity index (χ0) is 32.3. The molecule has 0 spiro atoms. The lowest BCUT2D eigenvalue weighted by Gasteiger charge is -2.28. The van der Waals surface area contributed by atoms with Gasteiger partial charge in [0, 0.05) is 17.5 Å². The Morgan fingerprint density at radius 1 is 0.651 bits per heavy atom. The van der Waals surface area contributed by atoms with E-state index in [9.17, 15) is 14.7 Å². The average molecular weight is 599 g/mol. The van der Waals surface area contributed by atoms with Gasteiger partial charge in [-0.2, -0.15) is 0 Å². The van der Waals surface area contributed by atoms with Crippen LogP contribution in [0.25, 0.3) is 6.08 Å². The number of carbonyl (C=O) groups is 2. The molecule has 0 unspecified atom stereocenters. The Labute approximate surface area is 265 Å². The fourth-order valence-electron chi connectivity index (χ4n) is 5.66. The first-order valence-electron chi connectivity index (χ1n) is 17.6. The van der Waals surface area contributed by atoms with Crippen LogP contribution in [0.15, 0.2) is 17.7 Å². The summed E-state index contributed by atoms with van der Waals surface area (Å²) in [5.74, 6) is -0.450. The fourth-order valence-corrected chi connectivity index (χ4v) is 5.66. The molecule has 0 saturated heterocycles. The molecule has 0 amide bonds. The SMILES string of the molecule is CCCCCCCCCCCCCCCCCCCC(=O)C(=Cc1cc(C(C)(C)C)c(O)c(C(C)(C)C)c1)C(=O)OCC. The quantitative estimate of drug-likeness (QED) is 0.0474. The lowest BCUT2D eigenvalue weighted by atomic mass is 9.78. The molecule has 0 bridgehead atoms. The molecule has 1 N–H and O–H groups in total. The third kappa shape index (κ3) is 16.0. The molecular formula is C39H66O4. The number of carbonyl (C=O) groups excluding carboxylic acids is 2. The highest BCUT2D eigenvalue weighted by molar-refractivity contribution is 6.20. The molecule has 0 fully saturated rings. The second-order valence-electron chi connectivity index (χ2n) is 14.6. The van der Waals surface area contributed by atoms with Crippen LogP contribution in [0.2, 0.25) is 0 Å². The minimum Gasteiger partial charge on any atom is -0.507 e. The van der Waals surface area contributed by atoms with Crippen LogP contribution in [0, 0.1) is 0 Å². The Bertz CT molecular complexity index is 939. The van der Waals surface area contributed by atoms with Gasteiger partial charge in [-0.3, -0.25) is 4.79 Å². The molecule has 1 aromatic carbocycles. The Hall–Kier alpha value is -2.10. The third-order valence-corrected chi connectivity index (χ3v) is 8.36. The van der Waals surface area contributed by atoms with Gasteiger partial charge in [-0.15, -0.1) is 0 Å². The lowest BCUT2D eigenvalue weighted by molar-refractivity contribution is -0.139. The van der Waals surface area contributed by atoms with Crippen molar-refractivity contribution in [3.8, 4) is 5.75 Å². The predicted octanol–water partition coefficient (Wildman–Crippen LogP) is 11.5. The van der Waals surface area contributed by atoms with E-state index in [1.54, 1.807) is 13.0 Å². The maximum atomic E-state index is 13.2. The third-order valence-electron chi connectivity index (χ3n) is 8.36. The molecule has 0 radical (unpaired) electrons. The number of ether oxygens (including phenoxy) is 1. The van der Waals surface area contributed by atoms with Crippen LogP contribution in [-0.4, -0.2) is 23.5 Å².